The van der Waals surface area contributed by atoms with Crippen LogP contribution in [-0.4, -0.2) is 47.7 Å². The highest BCUT2D eigenvalue weighted by atomic mass is 16.5. The second-order valence-corrected chi connectivity index (χ2v) is 11.0. The quantitative estimate of drug-likeness (QED) is 0.117. The Balaban J connectivity index is 1.71. The zero-order valence-electron chi connectivity index (χ0n) is 24.5. The van der Waals surface area contributed by atoms with Gasteiger partial charge in [-0.25, -0.2) is 9.78 Å². The van der Waals surface area contributed by atoms with Gasteiger partial charge in [-0.05, 0) is 58.6 Å². The average molecular weight is 514 g/mol. The molecule has 0 atom stereocenters. The van der Waals surface area contributed by atoms with Crippen molar-refractivity contribution < 1.29 is 9.53 Å². The Morgan fingerprint density at radius 1 is 0.811 bits per heavy atom. The number of benzene rings is 1. The monoisotopic (exact) mass is 513 g/mol. The minimum atomic E-state index is -0.268. The number of unbranched alkanes of at least 4 members (excludes halogenated alkanes) is 14. The van der Waals surface area contributed by atoms with Crippen LogP contribution >= 0.6 is 0 Å². The van der Waals surface area contributed by atoms with Crippen LogP contribution in [0, 0.1) is 0 Å². The second-order valence-electron chi connectivity index (χ2n) is 11.0. The Morgan fingerprint density at radius 2 is 1.38 bits per heavy atom. The standard InChI is InChI=1S/C32H55N3O2/c1-5-7-8-9-10-11-12-13-14-15-16-17-18-19-20-22-31-33-29-27-28(32(36)37-6-2)23-24-30(29)35(31)26-21-25-34(3)4/h23-24,27H,5-22,25-26H2,1-4H3. The smallest absolute Gasteiger partial charge is 0.338 e. The van der Waals surface area contributed by atoms with Gasteiger partial charge >= 0.3 is 5.97 Å². The van der Waals surface area contributed by atoms with E-state index >= 15 is 0 Å². The van der Waals surface area contributed by atoms with Gasteiger partial charge < -0.3 is 14.2 Å². The summed E-state index contributed by atoms with van der Waals surface area (Å²) in [5.41, 5.74) is 2.62. The second kappa shape index (κ2) is 19.2. The van der Waals surface area contributed by atoms with Crippen LogP contribution in [0.25, 0.3) is 11.0 Å². The molecular formula is C32H55N3O2. The first kappa shape index (κ1) is 31.3. The van der Waals surface area contributed by atoms with Crippen molar-refractivity contribution in [2.75, 3.05) is 27.2 Å². The van der Waals surface area contributed by atoms with E-state index in [4.69, 9.17) is 9.72 Å². The predicted molar refractivity (Wildman–Crippen MR) is 157 cm³/mol. The summed E-state index contributed by atoms with van der Waals surface area (Å²) in [4.78, 5) is 19.4. The molecule has 0 saturated carbocycles. The maximum atomic E-state index is 12.2. The molecule has 0 amide bonds. The molecular weight excluding hydrogens is 458 g/mol. The number of hydrogen-bond donors (Lipinski definition) is 0. The third kappa shape index (κ3) is 12.5. The number of ether oxygens (including phenoxy) is 1. The van der Waals surface area contributed by atoms with Gasteiger partial charge in [0.1, 0.15) is 5.82 Å². The molecule has 1 aromatic heterocycles. The summed E-state index contributed by atoms with van der Waals surface area (Å²) in [5.74, 6) is 0.889. The molecule has 0 aliphatic heterocycles. The summed E-state index contributed by atoms with van der Waals surface area (Å²) < 4.78 is 7.56. The molecule has 0 aliphatic carbocycles. The number of imidazole rings is 1. The summed E-state index contributed by atoms with van der Waals surface area (Å²) in [7, 11) is 4.24. The average Bonchev–Trinajstić information content (AvgIpc) is 3.22. The molecule has 1 heterocycles. The lowest BCUT2D eigenvalue weighted by Crippen LogP contribution is -2.16. The molecule has 2 rings (SSSR count). The number of hydrogen-bond acceptors (Lipinski definition) is 4. The lowest BCUT2D eigenvalue weighted by Gasteiger charge is -2.12. The number of carbonyl (C=O) groups excluding carboxylic acids is 1. The highest BCUT2D eigenvalue weighted by Gasteiger charge is 2.14. The lowest BCUT2D eigenvalue weighted by atomic mass is 10.0. The van der Waals surface area contributed by atoms with E-state index in [0.29, 0.717) is 12.2 Å². The Hall–Kier alpha value is -1.88. The third-order valence-corrected chi connectivity index (χ3v) is 7.33. The minimum Gasteiger partial charge on any atom is -0.462 e. The highest BCUT2D eigenvalue weighted by molar-refractivity contribution is 5.93. The van der Waals surface area contributed by atoms with Gasteiger partial charge in [0.25, 0.3) is 0 Å². The molecule has 0 radical (unpaired) electrons. The molecule has 0 spiro atoms. The first-order chi connectivity index (χ1) is 18.1. The van der Waals surface area contributed by atoms with Gasteiger partial charge in [0.05, 0.1) is 23.2 Å². The van der Waals surface area contributed by atoms with E-state index in [0.717, 1.165) is 42.8 Å². The van der Waals surface area contributed by atoms with Crippen LogP contribution in [0.1, 0.15) is 133 Å². The van der Waals surface area contributed by atoms with Crippen LogP contribution in [-0.2, 0) is 17.7 Å². The first-order valence-corrected chi connectivity index (χ1v) is 15.4. The number of aryl methyl sites for hydroxylation is 2. The Kier molecular flexibility index (Phi) is 16.3. The van der Waals surface area contributed by atoms with Gasteiger partial charge in [-0.2, -0.15) is 0 Å². The van der Waals surface area contributed by atoms with Crippen molar-refractivity contribution in [2.45, 2.75) is 130 Å². The Morgan fingerprint density at radius 3 is 1.92 bits per heavy atom. The number of fused-ring (bicyclic) bond motifs is 1. The van der Waals surface area contributed by atoms with Crippen LogP contribution < -0.4 is 0 Å². The molecule has 5 nitrogen and oxygen atoms in total. The van der Waals surface area contributed by atoms with Crippen molar-refractivity contribution in [3.63, 3.8) is 0 Å². The fourth-order valence-corrected chi connectivity index (χ4v) is 5.16. The summed E-state index contributed by atoms with van der Waals surface area (Å²) in [6.07, 6.45) is 22.8. The van der Waals surface area contributed by atoms with E-state index in [2.05, 4.69) is 30.5 Å². The largest absolute Gasteiger partial charge is 0.462 e. The molecule has 5 heteroatoms. The Labute approximate surface area is 227 Å². The SMILES string of the molecule is CCCCCCCCCCCCCCCCCc1nc2cc(C(=O)OCC)ccc2n1CCCN(C)C. The van der Waals surface area contributed by atoms with E-state index in [-0.39, 0.29) is 5.97 Å². The predicted octanol–water partition coefficient (Wildman–Crippen LogP) is 8.58. The van der Waals surface area contributed by atoms with Crippen LogP contribution in [0.5, 0.6) is 0 Å². The maximum Gasteiger partial charge on any atom is 0.338 e. The van der Waals surface area contributed by atoms with Crippen molar-refractivity contribution in [3.05, 3.63) is 29.6 Å². The van der Waals surface area contributed by atoms with Crippen LogP contribution in [0.3, 0.4) is 0 Å². The van der Waals surface area contributed by atoms with Gasteiger partial charge in [-0.3, -0.25) is 0 Å². The highest BCUT2D eigenvalue weighted by Crippen LogP contribution is 2.21. The third-order valence-electron chi connectivity index (χ3n) is 7.33. The summed E-state index contributed by atoms with van der Waals surface area (Å²) >= 11 is 0. The zero-order chi connectivity index (χ0) is 26.7. The molecule has 210 valence electrons. The van der Waals surface area contributed by atoms with Crippen LogP contribution in [0.15, 0.2) is 18.2 Å². The maximum absolute atomic E-state index is 12.2. The minimum absolute atomic E-state index is 0.268. The van der Waals surface area contributed by atoms with Crippen molar-refractivity contribution >= 4 is 17.0 Å². The normalized spacial score (nSPS) is 11.6. The van der Waals surface area contributed by atoms with Gasteiger partial charge in [0.15, 0.2) is 0 Å². The number of rotatable bonds is 22. The van der Waals surface area contributed by atoms with E-state index in [1.165, 1.54) is 96.3 Å². The van der Waals surface area contributed by atoms with Crippen LogP contribution in [0.2, 0.25) is 0 Å². The topological polar surface area (TPSA) is 47.4 Å². The molecule has 0 fully saturated rings. The van der Waals surface area contributed by atoms with Gasteiger partial charge in [-0.15, -0.1) is 0 Å². The number of aromatic nitrogens is 2. The molecule has 0 bridgehead atoms. The molecule has 1 aromatic carbocycles. The van der Waals surface area contributed by atoms with Crippen molar-refractivity contribution in [3.8, 4) is 0 Å². The molecule has 0 unspecified atom stereocenters. The van der Waals surface area contributed by atoms with Crippen molar-refractivity contribution in [1.82, 2.24) is 14.5 Å². The van der Waals surface area contributed by atoms with Crippen molar-refractivity contribution in [1.29, 1.82) is 0 Å². The van der Waals surface area contributed by atoms with Gasteiger partial charge in [0.2, 0.25) is 0 Å². The molecule has 0 N–H and O–H groups in total. The summed E-state index contributed by atoms with van der Waals surface area (Å²) in [5, 5.41) is 0. The summed E-state index contributed by atoms with van der Waals surface area (Å²) in [6, 6.07) is 5.81. The first-order valence-electron chi connectivity index (χ1n) is 15.4. The van der Waals surface area contributed by atoms with Gasteiger partial charge in [-0.1, -0.05) is 96.8 Å². The number of esters is 1. The molecule has 0 saturated heterocycles. The zero-order valence-corrected chi connectivity index (χ0v) is 24.5. The fourth-order valence-electron chi connectivity index (χ4n) is 5.16. The summed E-state index contributed by atoms with van der Waals surface area (Å²) in [6.45, 7) is 6.53. The van der Waals surface area contributed by atoms with Gasteiger partial charge in [0, 0.05) is 13.0 Å². The number of nitrogens with zero attached hydrogens (tertiary/aromatic N) is 3. The van der Waals surface area contributed by atoms with E-state index in [1.807, 2.05) is 25.1 Å². The van der Waals surface area contributed by atoms with E-state index < -0.39 is 0 Å². The molecule has 0 aliphatic rings. The van der Waals surface area contributed by atoms with Crippen molar-refractivity contribution in [2.24, 2.45) is 0 Å². The van der Waals surface area contributed by atoms with E-state index in [9.17, 15) is 4.79 Å². The molecule has 37 heavy (non-hydrogen) atoms. The Bertz CT molecular complexity index is 874. The lowest BCUT2D eigenvalue weighted by molar-refractivity contribution is 0.0526. The fraction of sp³-hybridized carbons (Fsp3) is 0.750. The molecule has 2 aromatic rings. The van der Waals surface area contributed by atoms with E-state index in [1.54, 1.807) is 0 Å². The number of carbonyl (C=O) groups is 1. The van der Waals surface area contributed by atoms with Crippen LogP contribution in [0.4, 0.5) is 0 Å².